The SMILES string of the molecule is O=C(CCCCCC(=O)NCc1ccc2cc(F)ccc2n1)NO. The van der Waals surface area contributed by atoms with Crippen molar-refractivity contribution in [1.82, 2.24) is 15.8 Å². The molecule has 1 aromatic carbocycles. The topological polar surface area (TPSA) is 91.3 Å². The van der Waals surface area contributed by atoms with Crippen LogP contribution in [0.5, 0.6) is 0 Å². The predicted octanol–water partition coefficient (Wildman–Crippen LogP) is 2.45. The molecule has 0 aliphatic heterocycles. The lowest BCUT2D eigenvalue weighted by Crippen LogP contribution is -2.23. The van der Waals surface area contributed by atoms with Crippen molar-refractivity contribution in [2.75, 3.05) is 0 Å². The number of halogens is 1. The maximum atomic E-state index is 13.1. The van der Waals surface area contributed by atoms with Crippen molar-refractivity contribution in [1.29, 1.82) is 0 Å². The quantitative estimate of drug-likeness (QED) is 0.393. The first-order valence-corrected chi connectivity index (χ1v) is 7.83. The molecule has 24 heavy (non-hydrogen) atoms. The fourth-order valence-corrected chi connectivity index (χ4v) is 2.32. The molecule has 0 saturated carbocycles. The summed E-state index contributed by atoms with van der Waals surface area (Å²) in [6, 6.07) is 7.92. The highest BCUT2D eigenvalue weighted by atomic mass is 19.1. The molecule has 7 heteroatoms. The van der Waals surface area contributed by atoms with Gasteiger partial charge < -0.3 is 5.32 Å². The Morgan fingerprint density at radius 1 is 1.04 bits per heavy atom. The van der Waals surface area contributed by atoms with Crippen LogP contribution in [-0.4, -0.2) is 22.0 Å². The van der Waals surface area contributed by atoms with Crippen molar-refractivity contribution < 1.29 is 19.2 Å². The molecule has 0 saturated heterocycles. The number of hydrogen-bond acceptors (Lipinski definition) is 4. The van der Waals surface area contributed by atoms with Gasteiger partial charge in [0.25, 0.3) is 0 Å². The number of unbranched alkanes of at least 4 members (excludes halogenated alkanes) is 2. The molecule has 2 aromatic rings. The van der Waals surface area contributed by atoms with E-state index in [2.05, 4.69) is 10.3 Å². The zero-order valence-corrected chi connectivity index (χ0v) is 13.2. The van der Waals surface area contributed by atoms with Gasteiger partial charge >= 0.3 is 0 Å². The summed E-state index contributed by atoms with van der Waals surface area (Å²) in [6.07, 6.45) is 2.66. The van der Waals surface area contributed by atoms with Gasteiger partial charge in [-0.25, -0.2) is 9.87 Å². The standard InChI is InChI=1S/C17H20FN3O3/c18-13-7-9-15-12(10-13)6-8-14(20-15)11-19-16(22)4-2-1-3-5-17(23)21-24/h6-10,24H,1-5,11H2,(H,19,22)(H,21,23). The number of fused-ring (bicyclic) bond motifs is 1. The zero-order chi connectivity index (χ0) is 17.4. The highest BCUT2D eigenvalue weighted by Gasteiger charge is 2.05. The maximum absolute atomic E-state index is 13.1. The Kier molecular flexibility index (Phi) is 6.62. The zero-order valence-electron chi connectivity index (χ0n) is 13.2. The van der Waals surface area contributed by atoms with E-state index in [4.69, 9.17) is 5.21 Å². The number of nitrogens with one attached hydrogen (secondary N) is 2. The molecule has 3 N–H and O–H groups in total. The van der Waals surface area contributed by atoms with Crippen LogP contribution in [0, 0.1) is 5.82 Å². The number of aromatic nitrogens is 1. The Labute approximate surface area is 139 Å². The minimum Gasteiger partial charge on any atom is -0.350 e. The lowest BCUT2D eigenvalue weighted by molar-refractivity contribution is -0.129. The number of pyridine rings is 1. The van der Waals surface area contributed by atoms with Gasteiger partial charge in [-0.1, -0.05) is 12.5 Å². The lowest BCUT2D eigenvalue weighted by atomic mass is 10.1. The molecule has 6 nitrogen and oxygen atoms in total. The van der Waals surface area contributed by atoms with E-state index in [1.165, 1.54) is 12.1 Å². The van der Waals surface area contributed by atoms with Crippen molar-refractivity contribution in [3.05, 3.63) is 41.8 Å². The molecule has 0 unspecified atom stereocenters. The van der Waals surface area contributed by atoms with Gasteiger partial charge in [-0.3, -0.25) is 19.8 Å². The van der Waals surface area contributed by atoms with Crippen molar-refractivity contribution in [2.45, 2.75) is 38.6 Å². The molecule has 0 aliphatic rings. The van der Waals surface area contributed by atoms with Crippen LogP contribution in [0.1, 0.15) is 37.8 Å². The largest absolute Gasteiger partial charge is 0.350 e. The van der Waals surface area contributed by atoms with Gasteiger partial charge in [0.2, 0.25) is 11.8 Å². The van der Waals surface area contributed by atoms with Crippen LogP contribution in [-0.2, 0) is 16.1 Å². The van der Waals surface area contributed by atoms with Crippen LogP contribution >= 0.6 is 0 Å². The Bertz CT molecular complexity index is 721. The molecule has 1 heterocycles. The molecule has 0 aliphatic carbocycles. The molecule has 128 valence electrons. The highest BCUT2D eigenvalue weighted by molar-refractivity contribution is 5.79. The summed E-state index contributed by atoms with van der Waals surface area (Å²) >= 11 is 0. The lowest BCUT2D eigenvalue weighted by Gasteiger charge is -2.06. The van der Waals surface area contributed by atoms with E-state index in [1.807, 2.05) is 0 Å². The highest BCUT2D eigenvalue weighted by Crippen LogP contribution is 2.14. The second-order valence-corrected chi connectivity index (χ2v) is 5.51. The third-order valence-corrected chi connectivity index (χ3v) is 3.61. The first kappa shape index (κ1) is 17.8. The summed E-state index contributed by atoms with van der Waals surface area (Å²) in [5.41, 5.74) is 2.97. The van der Waals surface area contributed by atoms with Crippen LogP contribution in [0.3, 0.4) is 0 Å². The second kappa shape index (κ2) is 8.93. The first-order valence-electron chi connectivity index (χ1n) is 7.83. The normalized spacial score (nSPS) is 10.6. The molecule has 0 radical (unpaired) electrons. The van der Waals surface area contributed by atoms with Gasteiger partial charge in [-0.15, -0.1) is 0 Å². The molecule has 2 amide bonds. The monoisotopic (exact) mass is 333 g/mol. The van der Waals surface area contributed by atoms with Gasteiger partial charge in [0, 0.05) is 18.2 Å². The number of carbonyl (C=O) groups excluding carboxylic acids is 2. The van der Waals surface area contributed by atoms with Crippen molar-refractivity contribution in [2.24, 2.45) is 0 Å². The van der Waals surface area contributed by atoms with Crippen molar-refractivity contribution in [3.63, 3.8) is 0 Å². The first-order chi connectivity index (χ1) is 11.6. The average Bonchev–Trinajstić information content (AvgIpc) is 2.59. The van der Waals surface area contributed by atoms with Crippen molar-refractivity contribution in [3.8, 4) is 0 Å². The molecule has 0 spiro atoms. The van der Waals surface area contributed by atoms with E-state index in [-0.39, 0.29) is 18.1 Å². The van der Waals surface area contributed by atoms with E-state index in [0.29, 0.717) is 37.0 Å². The Hall–Kier alpha value is -2.54. The molecule has 1 aromatic heterocycles. The molecule has 0 fully saturated rings. The Balaban J connectivity index is 1.72. The van der Waals surface area contributed by atoms with Crippen LogP contribution in [0.25, 0.3) is 10.9 Å². The fourth-order valence-electron chi connectivity index (χ4n) is 2.32. The fraction of sp³-hybridized carbons (Fsp3) is 0.353. The van der Waals surface area contributed by atoms with Crippen LogP contribution in [0.2, 0.25) is 0 Å². The summed E-state index contributed by atoms with van der Waals surface area (Å²) in [4.78, 5) is 27.0. The third kappa shape index (κ3) is 5.58. The van der Waals surface area contributed by atoms with E-state index in [9.17, 15) is 14.0 Å². The van der Waals surface area contributed by atoms with Crippen LogP contribution in [0.15, 0.2) is 30.3 Å². The van der Waals surface area contributed by atoms with Crippen molar-refractivity contribution >= 4 is 22.7 Å². The van der Waals surface area contributed by atoms with Crippen LogP contribution in [0.4, 0.5) is 4.39 Å². The maximum Gasteiger partial charge on any atom is 0.243 e. The van der Waals surface area contributed by atoms with E-state index in [1.54, 1.807) is 23.7 Å². The molecular weight excluding hydrogens is 313 g/mol. The third-order valence-electron chi connectivity index (χ3n) is 3.61. The van der Waals surface area contributed by atoms with E-state index >= 15 is 0 Å². The summed E-state index contributed by atoms with van der Waals surface area (Å²) in [6.45, 7) is 0.319. The minimum absolute atomic E-state index is 0.0809. The Morgan fingerprint density at radius 2 is 1.79 bits per heavy atom. The Morgan fingerprint density at radius 3 is 2.54 bits per heavy atom. The van der Waals surface area contributed by atoms with Gasteiger partial charge in [0.05, 0.1) is 17.8 Å². The number of carbonyl (C=O) groups is 2. The van der Waals surface area contributed by atoms with Gasteiger partial charge in [-0.2, -0.15) is 0 Å². The van der Waals surface area contributed by atoms with E-state index in [0.717, 1.165) is 11.8 Å². The number of hydrogen-bond donors (Lipinski definition) is 3. The summed E-state index contributed by atoms with van der Waals surface area (Å²) in [7, 11) is 0. The number of hydroxylamine groups is 1. The summed E-state index contributed by atoms with van der Waals surface area (Å²) in [5.74, 6) is -0.800. The average molecular weight is 333 g/mol. The smallest absolute Gasteiger partial charge is 0.243 e. The van der Waals surface area contributed by atoms with E-state index < -0.39 is 5.91 Å². The summed E-state index contributed by atoms with van der Waals surface area (Å²) < 4.78 is 13.1. The molecule has 0 bridgehead atoms. The molecule has 0 atom stereocenters. The molecular formula is C17H20FN3O3. The predicted molar refractivity (Wildman–Crippen MR) is 86.6 cm³/mol. The minimum atomic E-state index is -0.415. The van der Waals surface area contributed by atoms with Gasteiger partial charge in [-0.05, 0) is 37.1 Å². The van der Waals surface area contributed by atoms with Crippen LogP contribution < -0.4 is 10.8 Å². The van der Waals surface area contributed by atoms with Gasteiger partial charge in [0.15, 0.2) is 0 Å². The summed E-state index contributed by atoms with van der Waals surface area (Å²) in [5, 5.41) is 11.9. The molecule has 2 rings (SSSR count). The number of amides is 2. The second-order valence-electron chi connectivity index (χ2n) is 5.51. The number of nitrogens with zero attached hydrogens (tertiary/aromatic N) is 1. The van der Waals surface area contributed by atoms with Gasteiger partial charge in [0.1, 0.15) is 5.82 Å². The number of benzene rings is 1. The number of rotatable bonds is 8.